The summed E-state index contributed by atoms with van der Waals surface area (Å²) in [6, 6.07) is 38.8. The lowest BCUT2D eigenvalue weighted by atomic mass is 9.39. The van der Waals surface area contributed by atoms with Gasteiger partial charge in [0, 0.05) is 61.7 Å². The highest BCUT2D eigenvalue weighted by molar-refractivity contribution is 7.86. The summed E-state index contributed by atoms with van der Waals surface area (Å²) in [5, 5.41) is 14.3. The SMILES string of the molecule is Cc1c(-c2ccc(N3CCc4cccc(C(=O)Nc5nc6ccccc6s5)c4C3)nc2C(=O)OC(C)(C)C)cnn1CC12CC3(C)CC(C)(C1)CC(OCCNCCS(=O)(=O)OCC(C)(C)CCO[Si](c1ccccc1)(c1ccccc1)C(C)(C)C)(C3)C2. The number of carbonyl (C=O) groups excluding carboxylic acids is 2. The molecule has 468 valence electrons. The largest absolute Gasteiger partial charge is 0.455 e. The molecule has 15 nitrogen and oxygen atoms in total. The number of hydrogen-bond donors (Lipinski definition) is 2. The Bertz CT molecular complexity index is 3710. The maximum Gasteiger partial charge on any atom is 0.358 e. The average molecular weight is 1250 g/mol. The van der Waals surface area contributed by atoms with Gasteiger partial charge in [0.1, 0.15) is 11.4 Å². The van der Waals surface area contributed by atoms with E-state index in [1.165, 1.54) is 21.7 Å². The standard InChI is InChI=1S/C70H89N7O8S2Si/c1-49-55(53-29-30-59(74-60(53)62(79)85-64(2,3)4)76-35-31-50-21-20-26-54(56(50)40-76)61(78)75-63-73-57-27-18-19-28-58(57)86-63)39-72-77(49)47-69-42-67(10)41-68(11,43-69)45-70(44-67,46-69)82-37-33-71-34-38-87(80,81)83-48-66(8,9)32-36-84-88(65(5,6)7,51-22-14-12-15-23-51)52-24-16-13-17-25-52/h12-30,39,71H,31-38,40-48H2,1-11H3,(H,73,75,78). The van der Waals surface area contributed by atoms with Crippen molar-refractivity contribution in [3.8, 4) is 11.1 Å². The van der Waals surface area contributed by atoms with Crippen LogP contribution in [0.1, 0.15) is 152 Å². The highest BCUT2D eigenvalue weighted by Crippen LogP contribution is 2.72. The van der Waals surface area contributed by atoms with Crippen molar-refractivity contribution in [3.63, 3.8) is 0 Å². The third kappa shape index (κ3) is 13.6. The summed E-state index contributed by atoms with van der Waals surface area (Å²) < 4.78 is 55.8. The predicted octanol–water partition coefficient (Wildman–Crippen LogP) is 12.7. The maximum atomic E-state index is 14.3. The molecule has 1 aliphatic heterocycles. The number of fused-ring (bicyclic) bond motifs is 2. The van der Waals surface area contributed by atoms with Gasteiger partial charge in [0.25, 0.3) is 24.3 Å². The Morgan fingerprint density at radius 3 is 2.10 bits per heavy atom. The Hall–Kier alpha value is -6.12. The van der Waals surface area contributed by atoms with Gasteiger partial charge in [0.2, 0.25) is 0 Å². The van der Waals surface area contributed by atoms with E-state index < -0.39 is 35.4 Å². The number of ether oxygens (including phenoxy) is 2. The number of nitrogens with one attached hydrogen (secondary N) is 2. The van der Waals surface area contributed by atoms with Gasteiger partial charge in [-0.25, -0.2) is 14.8 Å². The van der Waals surface area contributed by atoms with Crippen LogP contribution in [0.4, 0.5) is 10.9 Å². The van der Waals surface area contributed by atoms with Crippen molar-refractivity contribution in [1.29, 1.82) is 0 Å². The van der Waals surface area contributed by atoms with Crippen LogP contribution in [0.5, 0.6) is 0 Å². The quantitative estimate of drug-likeness (QED) is 0.0268. The second kappa shape index (κ2) is 24.2. The second-order valence-electron chi connectivity index (χ2n) is 29.3. The second-order valence-corrected chi connectivity index (χ2v) is 36.4. The van der Waals surface area contributed by atoms with Crippen molar-refractivity contribution in [1.82, 2.24) is 25.1 Å². The molecule has 2 unspecified atom stereocenters. The highest BCUT2D eigenvalue weighted by Gasteiger charge is 2.66. The normalized spacial score (nSPS) is 22.1. The number of para-hydroxylation sites is 1. The minimum absolute atomic E-state index is 0.0651. The number of aromatic nitrogens is 4. The summed E-state index contributed by atoms with van der Waals surface area (Å²) in [5.74, 6) is -0.248. The van der Waals surface area contributed by atoms with Gasteiger partial charge in [-0.3, -0.25) is 19.0 Å². The van der Waals surface area contributed by atoms with Gasteiger partial charge >= 0.3 is 5.97 Å². The van der Waals surface area contributed by atoms with Crippen LogP contribution in [0.15, 0.2) is 121 Å². The first-order valence-corrected chi connectivity index (χ1v) is 35.6. The zero-order chi connectivity index (χ0) is 62.5. The topological polar surface area (TPSA) is 176 Å². The van der Waals surface area contributed by atoms with E-state index in [-0.39, 0.29) is 57.4 Å². The van der Waals surface area contributed by atoms with E-state index in [0.29, 0.717) is 74.3 Å². The predicted molar refractivity (Wildman–Crippen MR) is 354 cm³/mol. The molecule has 0 radical (unpaired) electrons. The van der Waals surface area contributed by atoms with Gasteiger partial charge < -0.3 is 24.1 Å². The number of pyridine rings is 1. The molecule has 18 heteroatoms. The van der Waals surface area contributed by atoms with Crippen molar-refractivity contribution in [2.24, 2.45) is 21.7 Å². The van der Waals surface area contributed by atoms with E-state index in [2.05, 4.69) is 121 Å². The average Bonchev–Trinajstić information content (AvgIpc) is 0.715. The van der Waals surface area contributed by atoms with E-state index in [4.69, 9.17) is 28.2 Å². The monoisotopic (exact) mass is 1250 g/mol. The molecular weight excluding hydrogens is 1160 g/mol. The van der Waals surface area contributed by atoms with Gasteiger partial charge in [-0.2, -0.15) is 13.5 Å². The van der Waals surface area contributed by atoms with E-state index in [1.54, 1.807) is 0 Å². The fourth-order valence-electron chi connectivity index (χ4n) is 16.0. The van der Waals surface area contributed by atoms with Crippen molar-refractivity contribution in [3.05, 3.63) is 150 Å². The lowest BCUT2D eigenvalue weighted by Crippen LogP contribution is -2.66. The molecule has 12 rings (SSSR count). The number of hydrogen-bond acceptors (Lipinski definition) is 14. The summed E-state index contributed by atoms with van der Waals surface area (Å²) in [4.78, 5) is 40.1. The molecule has 4 saturated carbocycles. The first-order chi connectivity index (χ1) is 41.6. The number of nitrogens with zero attached hydrogens (tertiary/aromatic N) is 5. The smallest absolute Gasteiger partial charge is 0.358 e. The minimum Gasteiger partial charge on any atom is -0.455 e. The summed E-state index contributed by atoms with van der Waals surface area (Å²) in [6.07, 6.45) is 9.37. The fourth-order valence-corrected chi connectivity index (χ4v) is 22.5. The van der Waals surface area contributed by atoms with Crippen LogP contribution in [-0.2, 0) is 47.7 Å². The minimum atomic E-state index is -3.80. The molecule has 4 bridgehead atoms. The van der Waals surface area contributed by atoms with E-state index in [9.17, 15) is 18.0 Å². The van der Waals surface area contributed by atoms with E-state index in [1.807, 2.05) is 101 Å². The molecule has 5 aliphatic rings. The molecule has 0 spiro atoms. The van der Waals surface area contributed by atoms with Gasteiger partial charge in [-0.05, 0) is 158 Å². The Morgan fingerprint density at radius 2 is 1.43 bits per heavy atom. The van der Waals surface area contributed by atoms with Crippen LogP contribution in [0.25, 0.3) is 21.3 Å². The highest BCUT2D eigenvalue weighted by atomic mass is 32.2. The molecule has 4 heterocycles. The number of carbonyl (C=O) groups is 2. The van der Waals surface area contributed by atoms with Gasteiger partial charge in [-0.1, -0.05) is 145 Å². The first kappa shape index (κ1) is 63.4. The van der Waals surface area contributed by atoms with Crippen LogP contribution >= 0.6 is 11.3 Å². The number of anilines is 2. The Kier molecular flexibility index (Phi) is 17.5. The maximum absolute atomic E-state index is 14.3. The fraction of sp³-hybridized carbons (Fsp3) is 0.500. The van der Waals surface area contributed by atoms with E-state index >= 15 is 0 Å². The number of thiazole rings is 1. The van der Waals surface area contributed by atoms with Gasteiger partial charge in [0.05, 0.1) is 41.0 Å². The van der Waals surface area contributed by atoms with Gasteiger partial charge in [-0.15, -0.1) is 0 Å². The lowest BCUT2D eigenvalue weighted by molar-refractivity contribution is -0.247. The molecule has 7 aromatic rings. The van der Waals surface area contributed by atoms with Crippen LogP contribution in [0.2, 0.25) is 5.04 Å². The number of amides is 1. The van der Waals surface area contributed by atoms with Crippen LogP contribution < -0.4 is 25.9 Å². The molecule has 2 N–H and O–H groups in total. The zero-order valence-electron chi connectivity index (χ0n) is 53.4. The van der Waals surface area contributed by atoms with Crippen molar-refractivity contribution in [2.75, 3.05) is 55.4 Å². The molecular formula is C70H89N7O8S2Si. The molecule has 4 aliphatic carbocycles. The van der Waals surface area contributed by atoms with Crippen molar-refractivity contribution in [2.45, 2.75) is 157 Å². The molecule has 2 atom stereocenters. The summed E-state index contributed by atoms with van der Waals surface area (Å²) >= 11 is 1.45. The molecule has 0 saturated heterocycles. The first-order valence-electron chi connectivity index (χ1n) is 31.3. The third-order valence-electron chi connectivity index (χ3n) is 18.7. The van der Waals surface area contributed by atoms with Crippen LogP contribution in [-0.4, -0.2) is 105 Å². The van der Waals surface area contributed by atoms with Crippen molar-refractivity contribution < 1.29 is 36.1 Å². The lowest BCUT2D eigenvalue weighted by Gasteiger charge is -2.69. The third-order valence-corrected chi connectivity index (χ3v) is 25.9. The molecule has 3 aromatic heterocycles. The number of benzene rings is 4. The van der Waals surface area contributed by atoms with Crippen LogP contribution in [0, 0.1) is 28.6 Å². The zero-order valence-corrected chi connectivity index (χ0v) is 56.0. The Morgan fingerprint density at radius 1 is 0.750 bits per heavy atom. The summed E-state index contributed by atoms with van der Waals surface area (Å²) in [6.45, 7) is 27.0. The number of esters is 1. The molecule has 4 aromatic carbocycles. The summed E-state index contributed by atoms with van der Waals surface area (Å²) in [5.41, 5.74) is 4.67. The molecule has 88 heavy (non-hydrogen) atoms. The number of rotatable bonds is 23. The molecule has 1 amide bonds. The Labute approximate surface area is 526 Å². The van der Waals surface area contributed by atoms with Gasteiger partial charge in [0.15, 0.2) is 10.8 Å². The molecule has 4 fully saturated rings. The Balaban J connectivity index is 0.716. The van der Waals surface area contributed by atoms with E-state index in [0.717, 1.165) is 71.1 Å². The summed E-state index contributed by atoms with van der Waals surface area (Å²) in [7, 11) is -6.54. The van der Waals surface area contributed by atoms with Crippen molar-refractivity contribution >= 4 is 73.2 Å². The van der Waals surface area contributed by atoms with Crippen LogP contribution in [0.3, 0.4) is 0 Å².